The van der Waals surface area contributed by atoms with E-state index in [-0.39, 0.29) is 5.78 Å². The molecule has 2 aromatic carbocycles. The number of hydrogen-bond donors (Lipinski definition) is 0. The first-order valence-electron chi connectivity index (χ1n) is 5.19. The second-order valence-corrected chi connectivity index (χ2v) is 3.47. The minimum Gasteiger partial charge on any atom is -0.289 e. The summed E-state index contributed by atoms with van der Waals surface area (Å²) in [4.78, 5) is 11.7. The van der Waals surface area contributed by atoms with Crippen LogP contribution in [0.5, 0.6) is 0 Å². The largest absolute Gasteiger partial charge is 0.289 e. The molecular weight excluding hydrogens is 197 g/mol. The molecule has 2 rings (SSSR count). The Morgan fingerprint density at radius 3 is 2.00 bits per heavy atom. The summed E-state index contributed by atoms with van der Waals surface area (Å²) in [6.07, 6.45) is 3.43. The van der Waals surface area contributed by atoms with Gasteiger partial charge in [-0.25, -0.2) is 0 Å². The van der Waals surface area contributed by atoms with E-state index in [9.17, 15) is 4.79 Å². The quantitative estimate of drug-likeness (QED) is 0.429. The predicted octanol–water partition coefficient (Wildman–Crippen LogP) is 3.58. The van der Waals surface area contributed by atoms with Crippen molar-refractivity contribution in [3.8, 4) is 0 Å². The standard InChI is InChI=1S/C15H12O/c16-15(14-9-5-2-6-10-14)12-11-13-7-3-1-4-8-13/h1-12H/b12-11+/i11+1. The van der Waals surface area contributed by atoms with Crippen LogP contribution in [0.3, 0.4) is 0 Å². The van der Waals surface area contributed by atoms with Crippen molar-refractivity contribution in [1.82, 2.24) is 0 Å². The highest BCUT2D eigenvalue weighted by Crippen LogP contribution is 2.05. The van der Waals surface area contributed by atoms with Gasteiger partial charge in [0.2, 0.25) is 0 Å². The van der Waals surface area contributed by atoms with Gasteiger partial charge in [0.15, 0.2) is 5.78 Å². The fourth-order valence-electron chi connectivity index (χ4n) is 1.43. The van der Waals surface area contributed by atoms with Gasteiger partial charge >= 0.3 is 0 Å². The van der Waals surface area contributed by atoms with E-state index >= 15 is 0 Å². The van der Waals surface area contributed by atoms with Crippen LogP contribution >= 0.6 is 0 Å². The van der Waals surface area contributed by atoms with Crippen LogP contribution in [0.2, 0.25) is 0 Å². The van der Waals surface area contributed by atoms with Crippen LogP contribution in [0.25, 0.3) is 6.08 Å². The van der Waals surface area contributed by atoms with Gasteiger partial charge in [0, 0.05) is 5.56 Å². The van der Waals surface area contributed by atoms with E-state index in [0.717, 1.165) is 11.1 Å². The number of benzene rings is 2. The summed E-state index contributed by atoms with van der Waals surface area (Å²) in [7, 11) is 0. The van der Waals surface area contributed by atoms with Gasteiger partial charge in [-0.2, -0.15) is 0 Å². The molecule has 0 spiro atoms. The molecule has 78 valence electrons. The molecule has 16 heavy (non-hydrogen) atoms. The van der Waals surface area contributed by atoms with Gasteiger partial charge in [-0.05, 0) is 11.6 Å². The molecule has 0 aromatic heterocycles. The topological polar surface area (TPSA) is 17.1 Å². The normalized spacial score (nSPS) is 10.5. The zero-order valence-electron chi connectivity index (χ0n) is 8.84. The Balaban J connectivity index is 2.12. The van der Waals surface area contributed by atoms with E-state index in [4.69, 9.17) is 0 Å². The number of carbonyl (C=O) groups excluding carboxylic acids is 1. The molecule has 0 atom stereocenters. The summed E-state index contributed by atoms with van der Waals surface area (Å²) in [5.74, 6) is 0.0319. The van der Waals surface area contributed by atoms with Crippen molar-refractivity contribution in [2.45, 2.75) is 0 Å². The van der Waals surface area contributed by atoms with Crippen molar-refractivity contribution in [3.63, 3.8) is 0 Å². The molecule has 0 fully saturated rings. The van der Waals surface area contributed by atoms with Gasteiger partial charge < -0.3 is 0 Å². The minimum absolute atomic E-state index is 0.0319. The van der Waals surface area contributed by atoms with Crippen molar-refractivity contribution in [2.24, 2.45) is 0 Å². The highest BCUT2D eigenvalue weighted by molar-refractivity contribution is 6.06. The molecule has 0 aliphatic carbocycles. The van der Waals surface area contributed by atoms with E-state index in [1.54, 1.807) is 6.08 Å². The molecule has 0 radical (unpaired) electrons. The molecule has 0 N–H and O–H groups in total. The van der Waals surface area contributed by atoms with Crippen LogP contribution < -0.4 is 0 Å². The molecule has 0 saturated heterocycles. The van der Waals surface area contributed by atoms with E-state index in [1.165, 1.54) is 0 Å². The average Bonchev–Trinajstić information content (AvgIpc) is 2.38. The Hall–Kier alpha value is -2.15. The fourth-order valence-corrected chi connectivity index (χ4v) is 1.43. The first-order valence-corrected chi connectivity index (χ1v) is 5.19. The van der Waals surface area contributed by atoms with Crippen LogP contribution in [0, 0.1) is 0 Å². The Morgan fingerprint density at radius 1 is 0.812 bits per heavy atom. The second kappa shape index (κ2) is 5.08. The Labute approximate surface area is 95.1 Å². The van der Waals surface area contributed by atoms with Crippen molar-refractivity contribution in [2.75, 3.05) is 0 Å². The molecule has 0 unspecified atom stereocenters. The third-order valence-corrected chi connectivity index (χ3v) is 2.29. The highest BCUT2D eigenvalue weighted by Gasteiger charge is 1.98. The number of ketones is 1. The van der Waals surface area contributed by atoms with Gasteiger partial charge in [0.1, 0.15) is 0 Å². The lowest BCUT2D eigenvalue weighted by Crippen LogP contribution is -1.92. The summed E-state index contributed by atoms with van der Waals surface area (Å²) in [6.45, 7) is 0. The molecule has 0 bridgehead atoms. The van der Waals surface area contributed by atoms with Crippen molar-refractivity contribution < 1.29 is 4.79 Å². The molecule has 1 nitrogen and oxygen atoms in total. The summed E-state index contributed by atoms with van der Waals surface area (Å²) >= 11 is 0. The summed E-state index contributed by atoms with van der Waals surface area (Å²) < 4.78 is 0. The number of allylic oxidation sites excluding steroid dienone is 1. The molecule has 0 amide bonds. The van der Waals surface area contributed by atoms with Crippen LogP contribution in [-0.2, 0) is 0 Å². The van der Waals surface area contributed by atoms with Crippen molar-refractivity contribution >= 4 is 11.9 Å². The third-order valence-electron chi connectivity index (χ3n) is 2.29. The van der Waals surface area contributed by atoms with Crippen LogP contribution in [0.4, 0.5) is 0 Å². The van der Waals surface area contributed by atoms with E-state index < -0.39 is 0 Å². The predicted molar refractivity (Wildman–Crippen MR) is 66.2 cm³/mol. The third kappa shape index (κ3) is 2.67. The lowest BCUT2D eigenvalue weighted by Gasteiger charge is -1.94. The molecule has 0 aliphatic rings. The van der Waals surface area contributed by atoms with Crippen LogP contribution in [0.15, 0.2) is 66.7 Å². The maximum atomic E-state index is 11.7. The monoisotopic (exact) mass is 209 g/mol. The van der Waals surface area contributed by atoms with Crippen molar-refractivity contribution in [3.05, 3.63) is 77.9 Å². The van der Waals surface area contributed by atoms with Crippen LogP contribution in [-0.4, -0.2) is 5.78 Å². The Bertz CT molecular complexity index is 483. The number of hydrogen-bond acceptors (Lipinski definition) is 1. The van der Waals surface area contributed by atoms with Gasteiger partial charge in [-0.3, -0.25) is 4.79 Å². The molecule has 0 aliphatic heterocycles. The Kier molecular flexibility index (Phi) is 3.29. The Morgan fingerprint density at radius 2 is 1.38 bits per heavy atom. The number of carbonyl (C=O) groups is 1. The highest BCUT2D eigenvalue weighted by atomic mass is 16.1. The zero-order valence-corrected chi connectivity index (χ0v) is 8.84. The van der Waals surface area contributed by atoms with Gasteiger partial charge in [-0.1, -0.05) is 66.7 Å². The van der Waals surface area contributed by atoms with Gasteiger partial charge in [-0.15, -0.1) is 0 Å². The van der Waals surface area contributed by atoms with E-state index in [1.807, 2.05) is 66.7 Å². The first-order chi connectivity index (χ1) is 7.86. The molecule has 0 heterocycles. The summed E-state index contributed by atoms with van der Waals surface area (Å²) in [6, 6.07) is 19.1. The molecular formula is C15H12O. The second-order valence-electron chi connectivity index (χ2n) is 3.47. The van der Waals surface area contributed by atoms with Gasteiger partial charge in [0.25, 0.3) is 0 Å². The SMILES string of the molecule is O=C(/C=[13CH]/c1ccccc1)c1ccccc1. The van der Waals surface area contributed by atoms with Gasteiger partial charge in [0.05, 0.1) is 0 Å². The molecule has 0 saturated carbocycles. The minimum atomic E-state index is 0.0319. The number of rotatable bonds is 3. The smallest absolute Gasteiger partial charge is 0.185 e. The lowest BCUT2D eigenvalue weighted by atomic mass is 10.1. The van der Waals surface area contributed by atoms with Crippen molar-refractivity contribution in [1.29, 1.82) is 0 Å². The lowest BCUT2D eigenvalue weighted by molar-refractivity contribution is 0.104. The maximum absolute atomic E-state index is 11.7. The summed E-state index contributed by atoms with van der Waals surface area (Å²) in [5.41, 5.74) is 1.75. The van der Waals surface area contributed by atoms with E-state index in [0.29, 0.717) is 0 Å². The van der Waals surface area contributed by atoms with E-state index in [2.05, 4.69) is 0 Å². The fraction of sp³-hybridized carbons (Fsp3) is 0. The average molecular weight is 209 g/mol. The summed E-state index contributed by atoms with van der Waals surface area (Å²) in [5, 5.41) is 0. The van der Waals surface area contributed by atoms with Crippen LogP contribution in [0.1, 0.15) is 15.9 Å². The molecule has 2 aromatic rings. The molecule has 1 heteroatoms. The first kappa shape index (κ1) is 10.4. The maximum Gasteiger partial charge on any atom is 0.185 e. The zero-order chi connectivity index (χ0) is 11.2.